The monoisotopic (exact) mass is 661 g/mol. The Kier molecular flexibility index (Phi) is 5.80. The second-order valence-corrected chi connectivity index (χ2v) is 11.5. The molecule has 0 saturated carbocycles. The molecule has 0 spiro atoms. The SMILES string of the molecule is O=[N+]([O-])c1ccc2c(c1)C(I)=C(c1ccccc1)c1[nH]c3ccc(Cl)cc3c1C2c1c[nH]c2ccc(Cl)cc12. The molecule has 2 aromatic heterocycles. The van der Waals surface area contributed by atoms with Crippen LogP contribution in [-0.4, -0.2) is 14.9 Å². The van der Waals surface area contributed by atoms with Crippen LogP contribution in [-0.2, 0) is 0 Å². The first-order chi connectivity index (χ1) is 18.9. The number of aromatic amines is 2. The fourth-order valence-corrected chi connectivity index (χ4v) is 7.13. The Morgan fingerprint density at radius 2 is 1.54 bits per heavy atom. The van der Waals surface area contributed by atoms with Gasteiger partial charge in [0.2, 0.25) is 0 Å². The standard InChI is InChI=1S/C31H18Cl2IN3O2/c32-17-6-10-25-21(12-17)24(15-35-25)28-20-9-8-19(37(38)39)14-22(20)30(34)27(16-4-2-1-3-5-16)31-29(28)23-13-18(33)7-11-26(23)36-31/h1-15,28,35-36H. The minimum Gasteiger partial charge on any atom is -0.361 e. The minimum atomic E-state index is -0.341. The van der Waals surface area contributed by atoms with E-state index in [2.05, 4.69) is 44.7 Å². The van der Waals surface area contributed by atoms with E-state index in [9.17, 15) is 10.1 Å². The summed E-state index contributed by atoms with van der Waals surface area (Å²) in [5.41, 5.74) is 8.84. The zero-order valence-corrected chi connectivity index (χ0v) is 23.8. The van der Waals surface area contributed by atoms with Crippen LogP contribution in [0, 0.1) is 10.1 Å². The summed E-state index contributed by atoms with van der Waals surface area (Å²) >= 11 is 15.4. The fourth-order valence-electron chi connectivity index (χ4n) is 5.73. The van der Waals surface area contributed by atoms with Crippen molar-refractivity contribution in [3.05, 3.63) is 145 Å². The number of halogens is 3. The maximum Gasteiger partial charge on any atom is 0.270 e. The van der Waals surface area contributed by atoms with E-state index in [1.807, 2.05) is 66.9 Å². The molecule has 2 N–H and O–H groups in total. The maximum absolute atomic E-state index is 11.9. The number of hydrogen-bond donors (Lipinski definition) is 2. The number of rotatable bonds is 3. The van der Waals surface area contributed by atoms with Gasteiger partial charge in [0.1, 0.15) is 0 Å². The van der Waals surface area contributed by atoms with Gasteiger partial charge in [-0.1, -0.05) is 59.6 Å². The zero-order valence-electron chi connectivity index (χ0n) is 20.1. The van der Waals surface area contributed by atoms with Crippen LogP contribution in [0.3, 0.4) is 0 Å². The molecule has 4 aromatic carbocycles. The number of H-pyrrole nitrogens is 2. The van der Waals surface area contributed by atoms with Gasteiger partial charge in [0, 0.05) is 65.3 Å². The highest BCUT2D eigenvalue weighted by Gasteiger charge is 2.35. The lowest BCUT2D eigenvalue weighted by molar-refractivity contribution is -0.384. The van der Waals surface area contributed by atoms with E-state index >= 15 is 0 Å². The Labute approximate surface area is 246 Å². The Bertz CT molecular complexity index is 1990. The molecule has 0 bridgehead atoms. The van der Waals surface area contributed by atoms with E-state index in [1.54, 1.807) is 12.1 Å². The van der Waals surface area contributed by atoms with Crippen molar-refractivity contribution in [1.82, 2.24) is 9.97 Å². The van der Waals surface area contributed by atoms with Crippen molar-refractivity contribution >= 4 is 82.4 Å². The number of hydrogen-bond acceptors (Lipinski definition) is 2. The summed E-state index contributed by atoms with van der Waals surface area (Å²) in [4.78, 5) is 18.6. The van der Waals surface area contributed by atoms with Gasteiger partial charge < -0.3 is 9.97 Å². The van der Waals surface area contributed by atoms with Gasteiger partial charge in [0.15, 0.2) is 0 Å². The summed E-state index contributed by atoms with van der Waals surface area (Å²) in [6.07, 6.45) is 2.02. The number of nitro benzene ring substituents is 1. The van der Waals surface area contributed by atoms with E-state index in [1.165, 1.54) is 0 Å². The second kappa shape index (κ2) is 9.26. The summed E-state index contributed by atoms with van der Waals surface area (Å²) in [5.74, 6) is -0.263. The van der Waals surface area contributed by atoms with Gasteiger partial charge in [-0.15, -0.1) is 0 Å². The van der Waals surface area contributed by atoms with Crippen LogP contribution in [0.4, 0.5) is 5.69 Å². The predicted octanol–water partition coefficient (Wildman–Crippen LogP) is 9.71. The number of benzene rings is 4. The van der Waals surface area contributed by atoms with Gasteiger partial charge in [-0.2, -0.15) is 0 Å². The Balaban J connectivity index is 1.67. The molecule has 8 heteroatoms. The molecule has 6 aromatic rings. The van der Waals surface area contributed by atoms with E-state index in [-0.39, 0.29) is 16.5 Å². The molecular weight excluding hydrogens is 644 g/mol. The smallest absolute Gasteiger partial charge is 0.270 e. The van der Waals surface area contributed by atoms with Crippen molar-refractivity contribution in [1.29, 1.82) is 0 Å². The van der Waals surface area contributed by atoms with Crippen LogP contribution in [0.2, 0.25) is 10.0 Å². The summed E-state index contributed by atoms with van der Waals surface area (Å²) in [6, 6.07) is 27.0. The molecule has 5 nitrogen and oxygen atoms in total. The van der Waals surface area contributed by atoms with E-state index in [0.717, 1.165) is 64.5 Å². The molecule has 1 aliphatic carbocycles. The van der Waals surface area contributed by atoms with Crippen LogP contribution in [0.15, 0.2) is 91.1 Å². The van der Waals surface area contributed by atoms with Crippen LogP contribution in [0.1, 0.15) is 39.4 Å². The molecule has 0 fully saturated rings. The summed E-state index contributed by atoms with van der Waals surface area (Å²) < 4.78 is 0.928. The molecule has 190 valence electrons. The van der Waals surface area contributed by atoms with Gasteiger partial charge in [-0.25, -0.2) is 0 Å². The Morgan fingerprint density at radius 3 is 2.28 bits per heavy atom. The van der Waals surface area contributed by atoms with Crippen molar-refractivity contribution in [2.24, 2.45) is 0 Å². The number of non-ortho nitro benzene ring substituents is 1. The van der Waals surface area contributed by atoms with Crippen molar-refractivity contribution in [3.63, 3.8) is 0 Å². The average Bonchev–Trinajstić information content (AvgIpc) is 3.48. The number of fused-ring (bicyclic) bond motifs is 5. The molecule has 0 radical (unpaired) electrons. The predicted molar refractivity (Wildman–Crippen MR) is 167 cm³/mol. The number of nitrogens with one attached hydrogen (secondary N) is 2. The Hall–Kier alpha value is -3.59. The first-order valence-corrected chi connectivity index (χ1v) is 14.1. The lowest BCUT2D eigenvalue weighted by Gasteiger charge is -2.20. The topological polar surface area (TPSA) is 74.7 Å². The van der Waals surface area contributed by atoms with Crippen LogP contribution >= 0.6 is 45.8 Å². The van der Waals surface area contributed by atoms with Gasteiger partial charge in [-0.05, 0) is 86.8 Å². The quantitative estimate of drug-likeness (QED) is 0.113. The highest BCUT2D eigenvalue weighted by molar-refractivity contribution is 14.1. The number of nitro groups is 1. The molecule has 39 heavy (non-hydrogen) atoms. The van der Waals surface area contributed by atoms with Gasteiger partial charge in [-0.3, -0.25) is 10.1 Å². The summed E-state index contributed by atoms with van der Waals surface area (Å²) in [5, 5.41) is 15.2. The third kappa shape index (κ3) is 3.89. The molecule has 0 aliphatic heterocycles. The molecule has 1 atom stereocenters. The van der Waals surface area contributed by atoms with E-state index in [0.29, 0.717) is 10.0 Å². The summed E-state index contributed by atoms with van der Waals surface area (Å²) in [6.45, 7) is 0. The normalized spacial score (nSPS) is 14.9. The molecule has 7 rings (SSSR count). The maximum atomic E-state index is 11.9. The molecule has 1 unspecified atom stereocenters. The number of nitrogens with zero attached hydrogens (tertiary/aromatic N) is 1. The van der Waals surface area contributed by atoms with Crippen LogP contribution in [0.25, 0.3) is 31.0 Å². The highest BCUT2D eigenvalue weighted by Crippen LogP contribution is 2.52. The molecular formula is C31H18Cl2IN3O2. The van der Waals surface area contributed by atoms with Crippen LogP contribution in [0.5, 0.6) is 0 Å². The summed E-state index contributed by atoms with van der Waals surface area (Å²) in [7, 11) is 0. The molecule has 0 saturated heterocycles. The van der Waals surface area contributed by atoms with Crippen molar-refractivity contribution in [2.45, 2.75) is 5.92 Å². The molecule has 2 heterocycles. The lowest BCUT2D eigenvalue weighted by Crippen LogP contribution is -2.06. The molecule has 1 aliphatic rings. The first-order valence-electron chi connectivity index (χ1n) is 12.2. The third-order valence-corrected chi connectivity index (χ3v) is 8.99. The molecule has 0 amide bonds. The fraction of sp³-hybridized carbons (Fsp3) is 0.0323. The van der Waals surface area contributed by atoms with Crippen molar-refractivity contribution in [3.8, 4) is 0 Å². The zero-order chi connectivity index (χ0) is 26.8. The van der Waals surface area contributed by atoms with Gasteiger partial charge >= 0.3 is 0 Å². The van der Waals surface area contributed by atoms with E-state index < -0.39 is 0 Å². The lowest BCUT2D eigenvalue weighted by atomic mass is 9.82. The minimum absolute atomic E-state index is 0.0505. The van der Waals surface area contributed by atoms with Gasteiger partial charge in [0.25, 0.3) is 5.69 Å². The average molecular weight is 662 g/mol. The number of aromatic nitrogens is 2. The highest BCUT2D eigenvalue weighted by atomic mass is 127. The second-order valence-electron chi connectivity index (χ2n) is 9.55. The Morgan fingerprint density at radius 1 is 0.821 bits per heavy atom. The van der Waals surface area contributed by atoms with Crippen molar-refractivity contribution in [2.75, 3.05) is 0 Å². The third-order valence-electron chi connectivity index (χ3n) is 7.40. The first kappa shape index (κ1) is 24.5. The van der Waals surface area contributed by atoms with E-state index in [4.69, 9.17) is 23.2 Å². The van der Waals surface area contributed by atoms with Crippen LogP contribution < -0.4 is 0 Å². The largest absolute Gasteiger partial charge is 0.361 e. The van der Waals surface area contributed by atoms with Crippen molar-refractivity contribution < 1.29 is 4.92 Å². The van der Waals surface area contributed by atoms with Gasteiger partial charge in [0.05, 0.1) is 10.6 Å².